The monoisotopic (exact) mass is 325 g/mol. The van der Waals surface area contributed by atoms with Crippen LogP contribution in [-0.2, 0) is 16.6 Å². The Bertz CT molecular complexity index is 606. The molecule has 1 aliphatic rings. The summed E-state index contributed by atoms with van der Waals surface area (Å²) in [7, 11) is -3.98. The molecule has 1 unspecified atom stereocenters. The highest BCUT2D eigenvalue weighted by Gasteiger charge is 2.33. The molecular formula is C12H18F3N3O2S. The van der Waals surface area contributed by atoms with Crippen molar-refractivity contribution >= 4 is 10.0 Å². The van der Waals surface area contributed by atoms with E-state index in [1.165, 1.54) is 19.2 Å². The van der Waals surface area contributed by atoms with E-state index < -0.39 is 28.7 Å². The molecule has 9 heteroatoms. The second kappa shape index (κ2) is 5.62. The first-order valence-corrected chi connectivity index (χ1v) is 8.10. The highest BCUT2D eigenvalue weighted by Crippen LogP contribution is 2.37. The van der Waals surface area contributed by atoms with Gasteiger partial charge in [-0.15, -0.1) is 0 Å². The van der Waals surface area contributed by atoms with Crippen molar-refractivity contribution in [2.24, 2.45) is 5.73 Å². The number of hydrogen-bond acceptors (Lipinski definition) is 3. The van der Waals surface area contributed by atoms with Gasteiger partial charge in [-0.25, -0.2) is 13.1 Å². The molecule has 3 N–H and O–H groups in total. The van der Waals surface area contributed by atoms with Crippen molar-refractivity contribution in [3.8, 4) is 0 Å². The van der Waals surface area contributed by atoms with E-state index in [9.17, 15) is 21.6 Å². The predicted molar refractivity (Wildman–Crippen MR) is 71.0 cm³/mol. The predicted octanol–water partition coefficient (Wildman–Crippen LogP) is 1.90. The summed E-state index contributed by atoms with van der Waals surface area (Å²) in [6.07, 6.45) is -2.26. The third-order valence-corrected chi connectivity index (χ3v) is 4.82. The molecule has 0 amide bonds. The molecular weight excluding hydrogens is 307 g/mol. The van der Waals surface area contributed by atoms with E-state index in [0.29, 0.717) is 5.69 Å². The third kappa shape index (κ3) is 4.21. The van der Waals surface area contributed by atoms with Gasteiger partial charge in [0.2, 0.25) is 10.0 Å². The zero-order valence-electron chi connectivity index (χ0n) is 11.5. The summed E-state index contributed by atoms with van der Waals surface area (Å²) in [6, 6.07) is 0.446. The number of nitrogens with zero attached hydrogens (tertiary/aromatic N) is 1. The van der Waals surface area contributed by atoms with Crippen LogP contribution in [0, 0.1) is 0 Å². The number of aromatic nitrogens is 1. The van der Waals surface area contributed by atoms with Crippen LogP contribution in [0.3, 0.4) is 0 Å². The lowest BCUT2D eigenvalue weighted by atomic mass is 10.2. The lowest BCUT2D eigenvalue weighted by Crippen LogP contribution is -2.35. The van der Waals surface area contributed by atoms with Crippen LogP contribution >= 0.6 is 0 Å². The van der Waals surface area contributed by atoms with Crippen LogP contribution in [0.15, 0.2) is 17.2 Å². The largest absolute Gasteiger partial charge is 0.390 e. The molecule has 2 rings (SSSR count). The molecule has 0 saturated heterocycles. The summed E-state index contributed by atoms with van der Waals surface area (Å²) in [5.74, 6) is 0. The molecule has 1 fully saturated rings. The van der Waals surface area contributed by atoms with Gasteiger partial charge in [0.05, 0.1) is 11.3 Å². The van der Waals surface area contributed by atoms with Crippen LogP contribution in [0.2, 0.25) is 0 Å². The van der Waals surface area contributed by atoms with Crippen LogP contribution in [0.25, 0.3) is 0 Å². The first kappa shape index (κ1) is 16.3. The molecule has 1 aromatic heterocycles. The maximum absolute atomic E-state index is 12.3. The van der Waals surface area contributed by atoms with Crippen LogP contribution in [0.4, 0.5) is 13.2 Å². The Morgan fingerprint density at radius 3 is 2.57 bits per heavy atom. The van der Waals surface area contributed by atoms with Crippen LogP contribution in [-0.4, -0.2) is 25.2 Å². The van der Waals surface area contributed by atoms with E-state index in [4.69, 9.17) is 5.73 Å². The molecule has 1 heterocycles. The van der Waals surface area contributed by atoms with Gasteiger partial charge in [-0.1, -0.05) is 0 Å². The summed E-state index contributed by atoms with van der Waals surface area (Å²) in [4.78, 5) is -0.0381. The normalized spacial score (nSPS) is 18.0. The fraction of sp³-hybridized carbons (Fsp3) is 0.667. The molecule has 0 aromatic carbocycles. The number of nitrogens with two attached hydrogens (primary N) is 1. The van der Waals surface area contributed by atoms with E-state index in [2.05, 4.69) is 4.72 Å². The third-order valence-electron chi connectivity index (χ3n) is 3.26. The van der Waals surface area contributed by atoms with Crippen molar-refractivity contribution < 1.29 is 21.6 Å². The molecule has 0 aliphatic heterocycles. The van der Waals surface area contributed by atoms with Gasteiger partial charge < -0.3 is 10.3 Å². The van der Waals surface area contributed by atoms with Crippen LogP contribution < -0.4 is 10.5 Å². The summed E-state index contributed by atoms with van der Waals surface area (Å²) < 4.78 is 64.9. The number of nitrogens with one attached hydrogen (secondary N) is 1. The first-order chi connectivity index (χ1) is 9.62. The van der Waals surface area contributed by atoms with Crippen molar-refractivity contribution in [3.63, 3.8) is 0 Å². The van der Waals surface area contributed by atoms with Gasteiger partial charge in [-0.05, 0) is 25.8 Å². The van der Waals surface area contributed by atoms with Crippen LogP contribution in [0.1, 0.15) is 37.9 Å². The first-order valence-electron chi connectivity index (χ1n) is 6.62. The van der Waals surface area contributed by atoms with Crippen molar-refractivity contribution in [3.05, 3.63) is 18.0 Å². The average molecular weight is 325 g/mol. The van der Waals surface area contributed by atoms with Crippen molar-refractivity contribution in [1.82, 2.24) is 9.29 Å². The molecule has 120 valence electrons. The quantitative estimate of drug-likeness (QED) is 0.838. The molecule has 1 aliphatic carbocycles. The smallest absolute Gasteiger partial charge is 0.346 e. The Hall–Kier alpha value is -1.06. The Labute approximate surface area is 121 Å². The second-order valence-corrected chi connectivity index (χ2v) is 7.07. The van der Waals surface area contributed by atoms with E-state index >= 15 is 0 Å². The molecule has 0 bridgehead atoms. The zero-order chi connectivity index (χ0) is 15.8. The highest BCUT2D eigenvalue weighted by molar-refractivity contribution is 7.89. The number of sulfonamides is 1. The molecule has 1 saturated carbocycles. The van der Waals surface area contributed by atoms with Crippen molar-refractivity contribution in [2.45, 2.75) is 55.9 Å². The minimum Gasteiger partial charge on any atom is -0.346 e. The van der Waals surface area contributed by atoms with E-state index in [1.807, 2.05) is 0 Å². The number of hydrogen-bond donors (Lipinski definition) is 2. The molecule has 0 spiro atoms. The summed E-state index contributed by atoms with van der Waals surface area (Å²) in [5.41, 5.74) is 6.24. The molecule has 1 aromatic rings. The SMILES string of the molecule is CC(CC(F)(F)F)NS(=O)(=O)c1cc(CN)n(C2CC2)c1. The summed E-state index contributed by atoms with van der Waals surface area (Å²) in [5, 5.41) is 0. The molecule has 21 heavy (non-hydrogen) atoms. The zero-order valence-corrected chi connectivity index (χ0v) is 12.3. The fourth-order valence-electron chi connectivity index (χ4n) is 2.22. The van der Waals surface area contributed by atoms with Crippen LogP contribution in [0.5, 0.6) is 0 Å². The lowest BCUT2D eigenvalue weighted by Gasteiger charge is -2.15. The molecule has 5 nitrogen and oxygen atoms in total. The second-order valence-electron chi connectivity index (χ2n) is 5.35. The van der Waals surface area contributed by atoms with Gasteiger partial charge in [-0.2, -0.15) is 13.2 Å². The topological polar surface area (TPSA) is 77.1 Å². The lowest BCUT2D eigenvalue weighted by molar-refractivity contribution is -0.137. The Morgan fingerprint density at radius 1 is 1.48 bits per heavy atom. The van der Waals surface area contributed by atoms with Gasteiger partial charge in [0, 0.05) is 30.5 Å². The van der Waals surface area contributed by atoms with Crippen molar-refractivity contribution in [2.75, 3.05) is 0 Å². The standard InChI is InChI=1S/C12H18F3N3O2S/c1-8(5-12(13,14)15)17-21(19,20)11-4-10(6-16)18(7-11)9-2-3-9/h4,7-9,17H,2-3,5-6,16H2,1H3. The van der Waals surface area contributed by atoms with Crippen molar-refractivity contribution in [1.29, 1.82) is 0 Å². The minimum absolute atomic E-state index is 0.0381. The average Bonchev–Trinajstić information content (AvgIpc) is 3.04. The number of rotatable bonds is 6. The molecule has 1 atom stereocenters. The van der Waals surface area contributed by atoms with Gasteiger partial charge in [0.25, 0.3) is 0 Å². The summed E-state index contributed by atoms with van der Waals surface area (Å²) >= 11 is 0. The van der Waals surface area contributed by atoms with Gasteiger partial charge in [0.15, 0.2) is 0 Å². The maximum atomic E-state index is 12.3. The number of halogens is 3. The highest BCUT2D eigenvalue weighted by atomic mass is 32.2. The number of alkyl halides is 3. The molecule has 0 radical (unpaired) electrons. The fourth-order valence-corrected chi connectivity index (χ4v) is 3.51. The minimum atomic E-state index is -4.41. The summed E-state index contributed by atoms with van der Waals surface area (Å²) in [6.45, 7) is 1.37. The van der Waals surface area contributed by atoms with E-state index in [0.717, 1.165) is 12.8 Å². The van der Waals surface area contributed by atoms with E-state index in [1.54, 1.807) is 4.57 Å². The van der Waals surface area contributed by atoms with Gasteiger partial charge in [0.1, 0.15) is 0 Å². The Kier molecular flexibility index (Phi) is 4.36. The van der Waals surface area contributed by atoms with Gasteiger partial charge in [-0.3, -0.25) is 0 Å². The van der Waals surface area contributed by atoms with Gasteiger partial charge >= 0.3 is 6.18 Å². The Balaban J connectivity index is 2.16. The maximum Gasteiger partial charge on any atom is 0.390 e. The van der Waals surface area contributed by atoms with E-state index in [-0.39, 0.29) is 17.5 Å². The Morgan fingerprint density at radius 2 is 2.10 bits per heavy atom.